The van der Waals surface area contributed by atoms with E-state index in [2.05, 4.69) is 10.6 Å². The van der Waals surface area contributed by atoms with Crippen LogP contribution >= 0.6 is 0 Å². The predicted molar refractivity (Wildman–Crippen MR) is 90.0 cm³/mol. The second-order valence-electron chi connectivity index (χ2n) is 5.39. The van der Waals surface area contributed by atoms with Crippen molar-refractivity contribution in [3.63, 3.8) is 0 Å². The molecule has 2 rings (SSSR count). The summed E-state index contributed by atoms with van der Waals surface area (Å²) in [4.78, 5) is 24.2. The quantitative estimate of drug-likeness (QED) is 0.891. The lowest BCUT2D eigenvalue weighted by atomic mass is 10.1. The van der Waals surface area contributed by atoms with Crippen molar-refractivity contribution >= 4 is 17.5 Å². The van der Waals surface area contributed by atoms with Gasteiger partial charge in [0.05, 0.1) is 7.11 Å². The molecule has 0 atom stereocenters. The second kappa shape index (κ2) is 7.45. The first-order chi connectivity index (χ1) is 11.0. The molecule has 0 unspecified atom stereocenters. The molecule has 5 nitrogen and oxygen atoms in total. The number of carbonyl (C=O) groups is 2. The van der Waals surface area contributed by atoms with Gasteiger partial charge in [-0.1, -0.05) is 6.07 Å². The number of carbonyl (C=O) groups excluding carboxylic acids is 2. The summed E-state index contributed by atoms with van der Waals surface area (Å²) < 4.78 is 5.06. The van der Waals surface area contributed by atoms with Crippen LogP contribution in [0.15, 0.2) is 48.5 Å². The summed E-state index contributed by atoms with van der Waals surface area (Å²) in [6.45, 7) is 3.79. The summed E-state index contributed by atoms with van der Waals surface area (Å²) in [6.07, 6.45) is 0. The van der Waals surface area contributed by atoms with E-state index < -0.39 is 0 Å². The maximum Gasteiger partial charge on any atom is 0.255 e. The van der Waals surface area contributed by atoms with E-state index in [4.69, 9.17) is 4.74 Å². The van der Waals surface area contributed by atoms with Crippen LogP contribution < -0.4 is 15.4 Å². The van der Waals surface area contributed by atoms with Crippen LogP contribution in [0.2, 0.25) is 0 Å². The van der Waals surface area contributed by atoms with Gasteiger partial charge >= 0.3 is 0 Å². The molecule has 0 aliphatic heterocycles. The summed E-state index contributed by atoms with van der Waals surface area (Å²) in [5, 5.41) is 5.60. The molecule has 0 saturated heterocycles. The molecular formula is C18H20N2O3. The third-order valence-corrected chi connectivity index (χ3v) is 3.15. The van der Waals surface area contributed by atoms with Gasteiger partial charge < -0.3 is 15.4 Å². The molecule has 23 heavy (non-hydrogen) atoms. The number of nitrogens with one attached hydrogen (secondary N) is 2. The number of hydrogen-bond acceptors (Lipinski definition) is 3. The minimum Gasteiger partial charge on any atom is -0.497 e. The summed E-state index contributed by atoms with van der Waals surface area (Å²) in [6, 6.07) is 13.7. The van der Waals surface area contributed by atoms with Gasteiger partial charge in [-0.2, -0.15) is 0 Å². The van der Waals surface area contributed by atoms with E-state index in [0.29, 0.717) is 22.6 Å². The SMILES string of the molecule is COc1ccc(C(=O)Nc2cccc(C(=O)NC(C)C)c2)cc1. The van der Waals surface area contributed by atoms with Crippen molar-refractivity contribution in [2.75, 3.05) is 12.4 Å². The van der Waals surface area contributed by atoms with Crippen molar-refractivity contribution in [2.24, 2.45) is 0 Å². The molecule has 0 fully saturated rings. The molecule has 0 aliphatic rings. The smallest absolute Gasteiger partial charge is 0.255 e. The highest BCUT2D eigenvalue weighted by atomic mass is 16.5. The molecule has 0 heterocycles. The maximum absolute atomic E-state index is 12.2. The first-order valence-electron chi connectivity index (χ1n) is 7.36. The van der Waals surface area contributed by atoms with E-state index >= 15 is 0 Å². The van der Waals surface area contributed by atoms with Gasteiger partial charge in [0.25, 0.3) is 11.8 Å². The molecule has 0 saturated carbocycles. The van der Waals surface area contributed by atoms with Gasteiger partial charge in [-0.15, -0.1) is 0 Å². The van der Waals surface area contributed by atoms with Crippen molar-refractivity contribution in [1.82, 2.24) is 5.32 Å². The number of methoxy groups -OCH3 is 1. The Morgan fingerprint density at radius 1 is 0.957 bits per heavy atom. The minimum atomic E-state index is -0.242. The minimum absolute atomic E-state index is 0.0556. The molecular weight excluding hydrogens is 292 g/mol. The van der Waals surface area contributed by atoms with Crippen LogP contribution in [0.4, 0.5) is 5.69 Å². The predicted octanol–water partition coefficient (Wildman–Crippen LogP) is 3.09. The molecule has 0 aliphatic carbocycles. The van der Waals surface area contributed by atoms with E-state index in [1.165, 1.54) is 0 Å². The van der Waals surface area contributed by atoms with Crippen molar-refractivity contribution in [1.29, 1.82) is 0 Å². The largest absolute Gasteiger partial charge is 0.497 e. The van der Waals surface area contributed by atoms with Crippen molar-refractivity contribution < 1.29 is 14.3 Å². The van der Waals surface area contributed by atoms with E-state index in [1.807, 2.05) is 13.8 Å². The van der Waals surface area contributed by atoms with Crippen LogP contribution in [0.3, 0.4) is 0 Å². The molecule has 0 radical (unpaired) electrons. The monoisotopic (exact) mass is 312 g/mol. The Balaban J connectivity index is 2.10. The Bertz CT molecular complexity index is 694. The fraction of sp³-hybridized carbons (Fsp3) is 0.222. The summed E-state index contributed by atoms with van der Waals surface area (Å²) >= 11 is 0. The standard InChI is InChI=1S/C18H20N2O3/c1-12(2)19-18(22)14-5-4-6-15(11-14)20-17(21)13-7-9-16(23-3)10-8-13/h4-12H,1-3H3,(H,19,22)(H,20,21). The van der Waals surface area contributed by atoms with Crippen molar-refractivity contribution in [3.05, 3.63) is 59.7 Å². The van der Waals surface area contributed by atoms with Crippen LogP contribution in [-0.4, -0.2) is 25.0 Å². The normalized spacial score (nSPS) is 10.3. The average molecular weight is 312 g/mol. The highest BCUT2D eigenvalue weighted by Crippen LogP contribution is 2.15. The van der Waals surface area contributed by atoms with Gasteiger partial charge in [0.1, 0.15) is 5.75 Å². The third-order valence-electron chi connectivity index (χ3n) is 3.15. The fourth-order valence-corrected chi connectivity index (χ4v) is 2.03. The van der Waals surface area contributed by atoms with Crippen molar-refractivity contribution in [3.8, 4) is 5.75 Å². The number of amides is 2. The lowest BCUT2D eigenvalue weighted by Gasteiger charge is -2.10. The van der Waals surface area contributed by atoms with E-state index in [0.717, 1.165) is 0 Å². The number of anilines is 1. The molecule has 0 aromatic heterocycles. The number of ether oxygens (including phenoxy) is 1. The van der Waals surface area contributed by atoms with Crippen molar-refractivity contribution in [2.45, 2.75) is 19.9 Å². The van der Waals surface area contributed by atoms with Crippen LogP contribution in [-0.2, 0) is 0 Å². The molecule has 0 spiro atoms. The van der Waals surface area contributed by atoms with E-state index in [9.17, 15) is 9.59 Å². The molecule has 2 amide bonds. The Kier molecular flexibility index (Phi) is 5.36. The zero-order chi connectivity index (χ0) is 16.8. The highest BCUT2D eigenvalue weighted by molar-refractivity contribution is 6.05. The Morgan fingerprint density at radius 2 is 1.65 bits per heavy atom. The molecule has 0 bridgehead atoms. The average Bonchev–Trinajstić information content (AvgIpc) is 2.54. The lowest BCUT2D eigenvalue weighted by Crippen LogP contribution is -2.30. The summed E-state index contributed by atoms with van der Waals surface area (Å²) in [5.41, 5.74) is 1.59. The van der Waals surface area contributed by atoms with Gasteiger partial charge in [-0.05, 0) is 56.3 Å². The Hall–Kier alpha value is -2.82. The second-order valence-corrected chi connectivity index (χ2v) is 5.39. The lowest BCUT2D eigenvalue weighted by molar-refractivity contribution is 0.0941. The third kappa shape index (κ3) is 4.57. The maximum atomic E-state index is 12.2. The fourth-order valence-electron chi connectivity index (χ4n) is 2.03. The Labute approximate surface area is 135 Å². The van der Waals surface area contributed by atoms with Gasteiger partial charge in [-0.3, -0.25) is 9.59 Å². The zero-order valence-corrected chi connectivity index (χ0v) is 13.4. The van der Waals surface area contributed by atoms with Crippen LogP contribution in [0.25, 0.3) is 0 Å². The summed E-state index contributed by atoms with van der Waals surface area (Å²) in [5.74, 6) is 0.281. The topological polar surface area (TPSA) is 67.4 Å². The molecule has 120 valence electrons. The number of hydrogen-bond donors (Lipinski definition) is 2. The van der Waals surface area contributed by atoms with Crippen LogP contribution in [0.5, 0.6) is 5.75 Å². The Morgan fingerprint density at radius 3 is 2.26 bits per heavy atom. The van der Waals surface area contributed by atoms with Gasteiger partial charge in [0.2, 0.25) is 0 Å². The molecule has 5 heteroatoms. The molecule has 2 aromatic rings. The van der Waals surface area contributed by atoms with Gasteiger partial charge in [-0.25, -0.2) is 0 Å². The van der Waals surface area contributed by atoms with Crippen LogP contribution in [0.1, 0.15) is 34.6 Å². The number of benzene rings is 2. The van der Waals surface area contributed by atoms with Gasteiger partial charge in [0, 0.05) is 22.9 Å². The van der Waals surface area contributed by atoms with Crippen LogP contribution in [0, 0.1) is 0 Å². The first kappa shape index (κ1) is 16.5. The summed E-state index contributed by atoms with van der Waals surface area (Å²) in [7, 11) is 1.57. The molecule has 2 aromatic carbocycles. The molecule has 2 N–H and O–H groups in total. The van der Waals surface area contributed by atoms with Gasteiger partial charge in [0.15, 0.2) is 0 Å². The zero-order valence-electron chi connectivity index (χ0n) is 13.4. The van der Waals surface area contributed by atoms with E-state index in [-0.39, 0.29) is 17.9 Å². The van der Waals surface area contributed by atoms with E-state index in [1.54, 1.807) is 55.6 Å². The first-order valence-corrected chi connectivity index (χ1v) is 7.36. The highest BCUT2D eigenvalue weighted by Gasteiger charge is 2.10. The number of rotatable bonds is 5.